The van der Waals surface area contributed by atoms with Gasteiger partial charge in [0.25, 0.3) is 0 Å². The number of benzene rings is 1. The highest BCUT2D eigenvalue weighted by molar-refractivity contribution is 7.89. The summed E-state index contributed by atoms with van der Waals surface area (Å²) in [7, 11) is -4.08. The van der Waals surface area contributed by atoms with Crippen molar-refractivity contribution in [3.8, 4) is 0 Å². The molecule has 1 aromatic carbocycles. The van der Waals surface area contributed by atoms with Crippen LogP contribution in [-0.4, -0.2) is 36.9 Å². The van der Waals surface area contributed by atoms with Gasteiger partial charge in [-0.05, 0) is 25.5 Å². The van der Waals surface area contributed by atoms with Gasteiger partial charge < -0.3 is 5.11 Å². The summed E-state index contributed by atoms with van der Waals surface area (Å²) in [5, 5.41) is 8.49. The Kier molecular flexibility index (Phi) is 4.23. The molecule has 1 unspecified atom stereocenters. The fourth-order valence-corrected chi connectivity index (χ4v) is 4.90. The minimum atomic E-state index is -4.08. The van der Waals surface area contributed by atoms with Gasteiger partial charge in [-0.25, -0.2) is 12.8 Å². The Bertz CT molecular complexity index is 686. The lowest BCUT2D eigenvalue weighted by molar-refractivity contribution is -0.146. The van der Waals surface area contributed by atoms with E-state index in [0.29, 0.717) is 0 Å². The van der Waals surface area contributed by atoms with E-state index in [1.165, 1.54) is 6.92 Å². The van der Waals surface area contributed by atoms with Crippen molar-refractivity contribution in [1.82, 2.24) is 4.31 Å². The Morgan fingerprint density at radius 1 is 1.38 bits per heavy atom. The second-order valence-electron chi connectivity index (χ2n) is 5.15. The topological polar surface area (TPSA) is 74.7 Å². The smallest absolute Gasteiger partial charge is 0.310 e. The van der Waals surface area contributed by atoms with Gasteiger partial charge in [-0.1, -0.05) is 23.2 Å². The minimum absolute atomic E-state index is 0.0369. The lowest BCUT2D eigenvalue weighted by Crippen LogP contribution is -2.35. The summed E-state index contributed by atoms with van der Waals surface area (Å²) < 4.78 is 39.2. The Labute approximate surface area is 131 Å². The molecular formula is C12H12Cl2FNO4S. The highest BCUT2D eigenvalue weighted by atomic mass is 35.5. The Morgan fingerprint density at radius 3 is 2.33 bits per heavy atom. The molecule has 1 fully saturated rings. The van der Waals surface area contributed by atoms with Crippen LogP contribution in [0.3, 0.4) is 0 Å². The summed E-state index contributed by atoms with van der Waals surface area (Å²) in [6.45, 7) is 1.32. The van der Waals surface area contributed by atoms with Gasteiger partial charge in [-0.15, -0.1) is 0 Å². The molecule has 1 saturated heterocycles. The number of carboxylic acid groups (broad SMARTS) is 1. The first-order chi connectivity index (χ1) is 9.58. The number of nitrogens with zero attached hydrogens (tertiary/aromatic N) is 1. The fraction of sp³-hybridized carbons (Fsp3) is 0.417. The van der Waals surface area contributed by atoms with Crippen LogP contribution in [0.5, 0.6) is 0 Å². The number of carboxylic acids is 1. The van der Waals surface area contributed by atoms with Gasteiger partial charge in [0.2, 0.25) is 10.0 Å². The van der Waals surface area contributed by atoms with Crippen LogP contribution in [0.2, 0.25) is 10.0 Å². The lowest BCUT2D eigenvalue weighted by Gasteiger charge is -2.21. The van der Waals surface area contributed by atoms with Crippen molar-refractivity contribution in [3.05, 3.63) is 28.0 Å². The van der Waals surface area contributed by atoms with Crippen molar-refractivity contribution in [3.63, 3.8) is 0 Å². The van der Waals surface area contributed by atoms with Crippen molar-refractivity contribution < 1.29 is 22.7 Å². The standard InChI is InChI=1S/C12H12Cl2FNO4S/c1-12(11(17)18)2-3-16(6-12)21(19,20)10-8(13)4-7(15)5-9(10)14/h4-5H,2-3,6H2,1H3,(H,17,18). The molecular weight excluding hydrogens is 344 g/mol. The summed E-state index contributed by atoms with van der Waals surface area (Å²) >= 11 is 11.6. The Balaban J connectivity index is 2.44. The molecule has 21 heavy (non-hydrogen) atoms. The zero-order valence-electron chi connectivity index (χ0n) is 10.9. The van der Waals surface area contributed by atoms with Crippen LogP contribution in [-0.2, 0) is 14.8 Å². The fourth-order valence-electron chi connectivity index (χ4n) is 2.20. The molecule has 5 nitrogen and oxygen atoms in total. The van der Waals surface area contributed by atoms with Crippen molar-refractivity contribution in [2.45, 2.75) is 18.2 Å². The first-order valence-corrected chi connectivity index (χ1v) is 8.15. The zero-order chi connectivity index (χ0) is 16.0. The number of hydrogen-bond donors (Lipinski definition) is 1. The van der Waals surface area contributed by atoms with Gasteiger partial charge in [0.1, 0.15) is 10.7 Å². The molecule has 0 radical (unpaired) electrons. The van der Waals surface area contributed by atoms with Gasteiger partial charge >= 0.3 is 5.97 Å². The van der Waals surface area contributed by atoms with E-state index < -0.39 is 32.1 Å². The molecule has 1 aromatic rings. The second kappa shape index (κ2) is 5.39. The third kappa shape index (κ3) is 2.88. The largest absolute Gasteiger partial charge is 0.481 e. The minimum Gasteiger partial charge on any atom is -0.481 e. The third-order valence-corrected chi connectivity index (χ3v) is 6.28. The van der Waals surface area contributed by atoms with Gasteiger partial charge in [-0.2, -0.15) is 4.31 Å². The van der Waals surface area contributed by atoms with Crippen LogP contribution in [0.1, 0.15) is 13.3 Å². The van der Waals surface area contributed by atoms with Crippen LogP contribution in [0.15, 0.2) is 17.0 Å². The molecule has 1 N–H and O–H groups in total. The van der Waals surface area contributed by atoms with E-state index in [0.717, 1.165) is 16.4 Å². The SMILES string of the molecule is CC1(C(=O)O)CCN(S(=O)(=O)c2c(Cl)cc(F)cc2Cl)C1. The molecule has 1 heterocycles. The molecule has 0 aliphatic carbocycles. The van der Waals surface area contributed by atoms with Gasteiger partial charge in [0, 0.05) is 13.1 Å². The average Bonchev–Trinajstić information content (AvgIpc) is 2.72. The van der Waals surface area contributed by atoms with E-state index in [4.69, 9.17) is 28.3 Å². The van der Waals surface area contributed by atoms with Gasteiger partial charge in [0.15, 0.2) is 0 Å². The number of carbonyl (C=O) groups is 1. The van der Waals surface area contributed by atoms with Gasteiger partial charge in [0.05, 0.1) is 15.5 Å². The maximum absolute atomic E-state index is 13.1. The molecule has 9 heteroatoms. The maximum atomic E-state index is 13.1. The molecule has 116 valence electrons. The van der Waals surface area contributed by atoms with Crippen LogP contribution in [0.4, 0.5) is 4.39 Å². The Hall–Kier alpha value is -0.890. The van der Waals surface area contributed by atoms with E-state index in [1.54, 1.807) is 0 Å². The van der Waals surface area contributed by atoms with Crippen LogP contribution < -0.4 is 0 Å². The van der Waals surface area contributed by atoms with E-state index in [9.17, 15) is 17.6 Å². The highest BCUT2D eigenvalue weighted by Gasteiger charge is 2.45. The highest BCUT2D eigenvalue weighted by Crippen LogP contribution is 2.38. The molecule has 2 rings (SSSR count). The lowest BCUT2D eigenvalue weighted by atomic mass is 9.90. The first-order valence-electron chi connectivity index (χ1n) is 5.96. The van der Waals surface area contributed by atoms with E-state index in [1.807, 2.05) is 0 Å². The number of hydrogen-bond acceptors (Lipinski definition) is 3. The monoisotopic (exact) mass is 355 g/mol. The predicted octanol–water partition coefficient (Wildman–Crippen LogP) is 2.62. The Morgan fingerprint density at radius 2 is 1.90 bits per heavy atom. The zero-order valence-corrected chi connectivity index (χ0v) is 13.3. The van der Waals surface area contributed by atoms with Crippen molar-refractivity contribution in [2.24, 2.45) is 5.41 Å². The first kappa shape index (κ1) is 16.5. The summed E-state index contributed by atoms with van der Waals surface area (Å²) in [6.07, 6.45) is 0.179. The number of aliphatic carboxylic acids is 1. The van der Waals surface area contributed by atoms with E-state index in [2.05, 4.69) is 0 Å². The number of sulfonamides is 1. The molecule has 1 aliphatic heterocycles. The molecule has 0 bridgehead atoms. The maximum Gasteiger partial charge on any atom is 0.310 e. The summed E-state index contributed by atoms with van der Waals surface area (Å²) in [6, 6.07) is 1.71. The predicted molar refractivity (Wildman–Crippen MR) is 75.5 cm³/mol. The third-order valence-electron chi connectivity index (χ3n) is 3.52. The number of rotatable bonds is 3. The molecule has 1 atom stereocenters. The second-order valence-corrected chi connectivity index (χ2v) is 7.84. The molecule has 1 aliphatic rings. The summed E-state index contributed by atoms with van der Waals surface area (Å²) in [4.78, 5) is 10.8. The molecule has 0 aromatic heterocycles. The van der Waals surface area contributed by atoms with E-state index >= 15 is 0 Å². The van der Waals surface area contributed by atoms with Crippen molar-refractivity contribution in [2.75, 3.05) is 13.1 Å². The quantitative estimate of drug-likeness (QED) is 0.904. The van der Waals surface area contributed by atoms with Crippen LogP contribution in [0.25, 0.3) is 0 Å². The van der Waals surface area contributed by atoms with Crippen LogP contribution >= 0.6 is 23.2 Å². The summed E-state index contributed by atoms with van der Waals surface area (Å²) in [5.41, 5.74) is -1.16. The molecule has 0 amide bonds. The summed E-state index contributed by atoms with van der Waals surface area (Å²) in [5.74, 6) is -1.82. The molecule has 0 saturated carbocycles. The van der Waals surface area contributed by atoms with E-state index in [-0.39, 0.29) is 29.6 Å². The van der Waals surface area contributed by atoms with Gasteiger partial charge in [-0.3, -0.25) is 4.79 Å². The van der Waals surface area contributed by atoms with Crippen molar-refractivity contribution in [1.29, 1.82) is 0 Å². The molecule has 0 spiro atoms. The van der Waals surface area contributed by atoms with Crippen LogP contribution in [0, 0.1) is 11.2 Å². The van der Waals surface area contributed by atoms with Crippen molar-refractivity contribution >= 4 is 39.2 Å². The normalized spacial score (nSPS) is 23.4. The average molecular weight is 356 g/mol. The number of halogens is 3.